The van der Waals surface area contributed by atoms with Gasteiger partial charge in [0.1, 0.15) is 0 Å². The Balaban J connectivity index is 0.000000687. The molecule has 3 aliphatic rings. The lowest BCUT2D eigenvalue weighted by Crippen LogP contribution is -2.56. The van der Waals surface area contributed by atoms with Crippen molar-refractivity contribution in [3.05, 3.63) is 47.3 Å². The van der Waals surface area contributed by atoms with Crippen LogP contribution in [0, 0.1) is 13.8 Å². The van der Waals surface area contributed by atoms with Crippen LogP contribution in [0.5, 0.6) is 0 Å². The molecule has 3 aliphatic heterocycles. The van der Waals surface area contributed by atoms with Crippen molar-refractivity contribution in [1.29, 1.82) is 0 Å². The molecule has 1 aromatic carbocycles. The van der Waals surface area contributed by atoms with Gasteiger partial charge in [-0.2, -0.15) is 5.10 Å². The number of carbonyl (C=O) groups is 2. The number of likely N-dealkylation sites (tertiary alicyclic amines) is 1. The molecule has 3 fully saturated rings. The molecule has 30 heavy (non-hydrogen) atoms. The fourth-order valence-corrected chi connectivity index (χ4v) is 5.15. The molecule has 1 aromatic heterocycles. The number of para-hydroxylation sites is 1. The fraction of sp³-hybridized carbons (Fsp3) is 0.500. The molecule has 5 rings (SSSR count). The normalized spacial score (nSPS) is 25.5. The summed E-state index contributed by atoms with van der Waals surface area (Å²) in [5.41, 5.74) is 4.19. The predicted octanol–water partition coefficient (Wildman–Crippen LogP) is 2.11. The van der Waals surface area contributed by atoms with Crippen molar-refractivity contribution in [2.75, 3.05) is 19.7 Å². The minimum atomic E-state index is -0.382. The minimum absolute atomic E-state index is 0.157. The lowest BCUT2D eigenvalue weighted by molar-refractivity contribution is -0.180. The van der Waals surface area contributed by atoms with Gasteiger partial charge in [0, 0.05) is 43.7 Å². The maximum absolute atomic E-state index is 12.5. The standard InChI is InChI=1S/C21H26N4O2.CH2O2/c1-15-18(16(2)25(22-15)17-7-4-3-5-8-17)14-23-11-9-21-19(23)13-20(26)24(21)10-6-12-27-21;2-1-3/h3-5,7-8,19H,6,9-14H2,1-2H3;1H,(H,2,3)/t19-,21+;/m1./s1. The Bertz CT molecular complexity index is 929. The minimum Gasteiger partial charge on any atom is -0.483 e. The van der Waals surface area contributed by atoms with E-state index in [4.69, 9.17) is 19.7 Å². The molecule has 1 N–H and O–H groups in total. The largest absolute Gasteiger partial charge is 0.483 e. The molecule has 160 valence electrons. The second-order valence-corrected chi connectivity index (χ2v) is 8.03. The topological polar surface area (TPSA) is 87.9 Å². The lowest BCUT2D eigenvalue weighted by atomic mass is 10.0. The number of rotatable bonds is 3. The molecule has 0 saturated carbocycles. The van der Waals surface area contributed by atoms with E-state index in [0.29, 0.717) is 6.42 Å². The third kappa shape index (κ3) is 3.30. The summed E-state index contributed by atoms with van der Waals surface area (Å²) >= 11 is 0. The Morgan fingerprint density at radius 3 is 2.73 bits per heavy atom. The summed E-state index contributed by atoms with van der Waals surface area (Å²) in [5.74, 6) is 0.248. The number of ether oxygens (including phenoxy) is 1. The third-order valence-electron chi connectivity index (χ3n) is 6.53. The van der Waals surface area contributed by atoms with Crippen LogP contribution in [-0.4, -0.2) is 68.5 Å². The quantitative estimate of drug-likeness (QED) is 0.777. The van der Waals surface area contributed by atoms with Gasteiger partial charge in [-0.25, -0.2) is 4.68 Å². The Kier molecular flexibility index (Phi) is 5.62. The molecule has 2 atom stereocenters. The summed E-state index contributed by atoms with van der Waals surface area (Å²) in [6.45, 7) is 7.35. The molecule has 0 bridgehead atoms. The van der Waals surface area contributed by atoms with Crippen LogP contribution in [0.4, 0.5) is 0 Å². The van der Waals surface area contributed by atoms with E-state index < -0.39 is 0 Å². The monoisotopic (exact) mass is 412 g/mol. The molecule has 8 heteroatoms. The number of amides is 1. The third-order valence-corrected chi connectivity index (χ3v) is 6.53. The van der Waals surface area contributed by atoms with E-state index >= 15 is 0 Å². The van der Waals surface area contributed by atoms with Gasteiger partial charge in [-0.1, -0.05) is 18.2 Å². The van der Waals surface area contributed by atoms with Crippen LogP contribution in [0.15, 0.2) is 30.3 Å². The van der Waals surface area contributed by atoms with E-state index in [0.717, 1.165) is 50.5 Å². The number of carbonyl (C=O) groups excluding carboxylic acids is 1. The second-order valence-electron chi connectivity index (χ2n) is 8.03. The van der Waals surface area contributed by atoms with Crippen LogP contribution in [-0.2, 0) is 20.9 Å². The summed E-state index contributed by atoms with van der Waals surface area (Å²) in [5, 5.41) is 11.7. The maximum atomic E-state index is 12.5. The number of nitrogens with zero attached hydrogens (tertiary/aromatic N) is 4. The van der Waals surface area contributed by atoms with Crippen molar-refractivity contribution in [2.24, 2.45) is 0 Å². The predicted molar refractivity (Wildman–Crippen MR) is 110 cm³/mol. The van der Waals surface area contributed by atoms with Crippen LogP contribution in [0.25, 0.3) is 5.69 Å². The number of aromatic nitrogens is 2. The highest BCUT2D eigenvalue weighted by atomic mass is 16.5. The molecule has 3 saturated heterocycles. The van der Waals surface area contributed by atoms with Gasteiger partial charge in [0.25, 0.3) is 6.47 Å². The average molecular weight is 412 g/mol. The maximum Gasteiger partial charge on any atom is 0.290 e. The van der Waals surface area contributed by atoms with Gasteiger partial charge >= 0.3 is 0 Å². The average Bonchev–Trinajstić information content (AvgIpc) is 3.33. The van der Waals surface area contributed by atoms with E-state index in [1.807, 2.05) is 27.8 Å². The summed E-state index contributed by atoms with van der Waals surface area (Å²) < 4.78 is 8.26. The zero-order valence-electron chi connectivity index (χ0n) is 17.5. The van der Waals surface area contributed by atoms with Gasteiger partial charge < -0.3 is 14.7 Å². The van der Waals surface area contributed by atoms with Gasteiger partial charge in [0.15, 0.2) is 5.72 Å². The molecule has 0 aliphatic carbocycles. The number of hydrogen-bond donors (Lipinski definition) is 1. The molecule has 1 spiro atoms. The summed E-state index contributed by atoms with van der Waals surface area (Å²) in [4.78, 5) is 25.4. The van der Waals surface area contributed by atoms with Gasteiger partial charge in [-0.15, -0.1) is 0 Å². The SMILES string of the molecule is Cc1nn(-c2ccccc2)c(C)c1CN1CC[C@@]23OCCCN2C(=O)C[C@@H]13.O=CO. The highest BCUT2D eigenvalue weighted by Gasteiger charge is 2.60. The fourth-order valence-electron chi connectivity index (χ4n) is 5.15. The molecule has 0 radical (unpaired) electrons. The van der Waals surface area contributed by atoms with Crippen molar-refractivity contribution < 1.29 is 19.4 Å². The van der Waals surface area contributed by atoms with E-state index in [1.165, 1.54) is 11.3 Å². The first-order valence-corrected chi connectivity index (χ1v) is 10.4. The Morgan fingerprint density at radius 2 is 2.00 bits per heavy atom. The van der Waals surface area contributed by atoms with Gasteiger partial charge in [-0.05, 0) is 32.4 Å². The van der Waals surface area contributed by atoms with E-state index in [9.17, 15) is 4.79 Å². The van der Waals surface area contributed by atoms with Crippen LogP contribution in [0.2, 0.25) is 0 Å². The first-order valence-electron chi connectivity index (χ1n) is 10.4. The number of benzene rings is 1. The summed E-state index contributed by atoms with van der Waals surface area (Å²) in [6, 6.07) is 10.4. The van der Waals surface area contributed by atoms with Gasteiger partial charge in [0.2, 0.25) is 5.91 Å². The summed E-state index contributed by atoms with van der Waals surface area (Å²) in [6.07, 6.45) is 2.43. The molecule has 2 aromatic rings. The Labute approximate surface area is 176 Å². The summed E-state index contributed by atoms with van der Waals surface area (Å²) in [7, 11) is 0. The van der Waals surface area contributed by atoms with Gasteiger partial charge in [-0.3, -0.25) is 14.5 Å². The Hall–Kier alpha value is -2.71. The molecular formula is C22H28N4O4. The van der Waals surface area contributed by atoms with E-state index in [2.05, 4.69) is 30.9 Å². The van der Waals surface area contributed by atoms with Crippen LogP contribution < -0.4 is 0 Å². The van der Waals surface area contributed by atoms with Crippen molar-refractivity contribution in [3.63, 3.8) is 0 Å². The molecular weight excluding hydrogens is 384 g/mol. The van der Waals surface area contributed by atoms with Crippen LogP contribution in [0.3, 0.4) is 0 Å². The van der Waals surface area contributed by atoms with Crippen molar-refractivity contribution in [2.45, 2.75) is 51.4 Å². The number of aryl methyl sites for hydroxylation is 1. The molecule has 8 nitrogen and oxygen atoms in total. The Morgan fingerprint density at radius 1 is 1.27 bits per heavy atom. The highest BCUT2D eigenvalue weighted by Crippen LogP contribution is 2.45. The lowest BCUT2D eigenvalue weighted by Gasteiger charge is -2.42. The molecule has 4 heterocycles. The molecule has 1 amide bonds. The molecule has 0 unspecified atom stereocenters. The highest BCUT2D eigenvalue weighted by molar-refractivity contribution is 5.81. The zero-order chi connectivity index (χ0) is 21.3. The van der Waals surface area contributed by atoms with E-state index in [1.54, 1.807) is 0 Å². The van der Waals surface area contributed by atoms with Crippen LogP contribution >= 0.6 is 0 Å². The van der Waals surface area contributed by atoms with Gasteiger partial charge in [0.05, 0.1) is 24.0 Å². The number of carboxylic acid groups (broad SMARTS) is 1. The second kappa shape index (κ2) is 8.20. The smallest absolute Gasteiger partial charge is 0.290 e. The first kappa shape index (κ1) is 20.6. The zero-order valence-corrected chi connectivity index (χ0v) is 17.5. The van der Waals surface area contributed by atoms with E-state index in [-0.39, 0.29) is 24.1 Å². The van der Waals surface area contributed by atoms with Crippen molar-refractivity contribution >= 4 is 12.4 Å². The number of hydrogen-bond acceptors (Lipinski definition) is 5. The van der Waals surface area contributed by atoms with Crippen molar-refractivity contribution in [3.8, 4) is 5.69 Å². The van der Waals surface area contributed by atoms with Crippen molar-refractivity contribution in [1.82, 2.24) is 19.6 Å². The van der Waals surface area contributed by atoms with Crippen LogP contribution in [0.1, 0.15) is 36.2 Å². The first-order chi connectivity index (χ1) is 14.5.